The van der Waals surface area contributed by atoms with Crippen LogP contribution >= 0.6 is 11.6 Å². The second-order valence-electron chi connectivity index (χ2n) is 8.36. The lowest BCUT2D eigenvalue weighted by Gasteiger charge is -2.34. The zero-order valence-corrected chi connectivity index (χ0v) is 18.9. The Balaban J connectivity index is 1.43. The van der Waals surface area contributed by atoms with Crippen LogP contribution in [0.1, 0.15) is 23.3 Å². The molecule has 34 heavy (non-hydrogen) atoms. The lowest BCUT2D eigenvalue weighted by molar-refractivity contribution is -0.121. The standard InChI is InChI=1S/C24H22ClFN6O2/c25-18-2-1-3-19(26)21(18)17-12-28-30-23(24(27)34)22(17)29-14-4-6-16(7-5-14)32-11-10-31(13-20(32)33)15-8-9-15/h1-7,12,15H,8-11,13H2,(H2,27,34)(H,28,29). The summed E-state index contributed by atoms with van der Waals surface area (Å²) in [6.45, 7) is 1.92. The molecule has 2 amide bonds. The maximum absolute atomic E-state index is 14.6. The van der Waals surface area contributed by atoms with E-state index >= 15 is 0 Å². The van der Waals surface area contributed by atoms with Crippen LogP contribution in [0.3, 0.4) is 0 Å². The molecule has 2 fully saturated rings. The number of nitrogens with one attached hydrogen (secondary N) is 1. The summed E-state index contributed by atoms with van der Waals surface area (Å²) in [5.41, 5.74) is 7.27. The number of rotatable bonds is 6. The summed E-state index contributed by atoms with van der Waals surface area (Å²) in [6.07, 6.45) is 3.67. The molecule has 0 spiro atoms. The largest absolute Gasteiger partial charge is 0.364 e. The van der Waals surface area contributed by atoms with Crippen molar-refractivity contribution in [2.45, 2.75) is 18.9 Å². The van der Waals surface area contributed by atoms with Crippen molar-refractivity contribution in [3.8, 4) is 11.1 Å². The van der Waals surface area contributed by atoms with Crippen LogP contribution < -0.4 is 16.0 Å². The Morgan fingerprint density at radius 1 is 1.15 bits per heavy atom. The molecule has 2 aromatic carbocycles. The number of aromatic nitrogens is 2. The van der Waals surface area contributed by atoms with Gasteiger partial charge in [-0.05, 0) is 49.2 Å². The molecule has 3 aromatic rings. The lowest BCUT2D eigenvalue weighted by Crippen LogP contribution is -2.51. The van der Waals surface area contributed by atoms with Gasteiger partial charge in [-0.3, -0.25) is 14.5 Å². The molecule has 1 aliphatic carbocycles. The number of piperazine rings is 1. The summed E-state index contributed by atoms with van der Waals surface area (Å²) >= 11 is 6.25. The van der Waals surface area contributed by atoms with Gasteiger partial charge in [0.05, 0.1) is 23.5 Å². The predicted molar refractivity (Wildman–Crippen MR) is 128 cm³/mol. The molecular formula is C24H22ClFN6O2. The average Bonchev–Trinajstić information content (AvgIpc) is 3.66. The van der Waals surface area contributed by atoms with Crippen LogP contribution in [0.25, 0.3) is 11.1 Å². The van der Waals surface area contributed by atoms with Gasteiger partial charge in [-0.1, -0.05) is 17.7 Å². The number of anilines is 3. The number of halogens is 2. The Kier molecular flexibility index (Phi) is 5.89. The Bertz CT molecular complexity index is 1240. The van der Waals surface area contributed by atoms with Gasteiger partial charge in [0, 0.05) is 41.6 Å². The Labute approximate surface area is 200 Å². The van der Waals surface area contributed by atoms with E-state index in [0.29, 0.717) is 24.8 Å². The third-order valence-electron chi connectivity index (χ3n) is 6.08. The number of hydrogen-bond donors (Lipinski definition) is 2. The van der Waals surface area contributed by atoms with E-state index in [1.54, 1.807) is 23.1 Å². The first-order valence-electron chi connectivity index (χ1n) is 10.9. The van der Waals surface area contributed by atoms with Crippen LogP contribution in [-0.4, -0.2) is 52.6 Å². The molecule has 1 aliphatic heterocycles. The first-order chi connectivity index (χ1) is 16.4. The van der Waals surface area contributed by atoms with Gasteiger partial charge in [0.15, 0.2) is 5.69 Å². The highest BCUT2D eigenvalue weighted by atomic mass is 35.5. The van der Waals surface area contributed by atoms with Crippen molar-refractivity contribution >= 4 is 40.5 Å². The molecule has 2 heterocycles. The zero-order valence-electron chi connectivity index (χ0n) is 18.2. The van der Waals surface area contributed by atoms with Gasteiger partial charge >= 0.3 is 0 Å². The predicted octanol–water partition coefficient (Wildman–Crippen LogP) is 3.59. The van der Waals surface area contributed by atoms with E-state index < -0.39 is 11.7 Å². The molecule has 0 radical (unpaired) electrons. The molecule has 5 rings (SSSR count). The van der Waals surface area contributed by atoms with Crippen molar-refractivity contribution in [3.05, 3.63) is 65.2 Å². The molecule has 3 N–H and O–H groups in total. The van der Waals surface area contributed by atoms with Crippen molar-refractivity contribution in [1.29, 1.82) is 0 Å². The minimum atomic E-state index is -0.819. The fraction of sp³-hybridized carbons (Fsp3) is 0.250. The average molecular weight is 481 g/mol. The summed E-state index contributed by atoms with van der Waals surface area (Å²) in [7, 11) is 0. The Morgan fingerprint density at radius 2 is 1.91 bits per heavy atom. The summed E-state index contributed by atoms with van der Waals surface area (Å²) in [4.78, 5) is 28.7. The van der Waals surface area contributed by atoms with Crippen LogP contribution in [0.4, 0.5) is 21.5 Å². The molecule has 0 unspecified atom stereocenters. The Hall–Kier alpha value is -3.56. The quantitative estimate of drug-likeness (QED) is 0.558. The zero-order chi connectivity index (χ0) is 23.8. The van der Waals surface area contributed by atoms with Gasteiger partial charge < -0.3 is 16.0 Å². The number of carbonyl (C=O) groups excluding carboxylic acids is 2. The second kappa shape index (κ2) is 9.00. The molecular weight excluding hydrogens is 459 g/mol. The second-order valence-corrected chi connectivity index (χ2v) is 8.77. The molecule has 8 nitrogen and oxygen atoms in total. The first-order valence-corrected chi connectivity index (χ1v) is 11.3. The molecule has 10 heteroatoms. The molecule has 174 valence electrons. The third-order valence-corrected chi connectivity index (χ3v) is 6.39. The van der Waals surface area contributed by atoms with Crippen LogP contribution in [0.2, 0.25) is 5.02 Å². The smallest absolute Gasteiger partial charge is 0.271 e. The van der Waals surface area contributed by atoms with E-state index in [-0.39, 0.29) is 33.4 Å². The van der Waals surface area contributed by atoms with E-state index in [1.165, 1.54) is 31.2 Å². The monoisotopic (exact) mass is 480 g/mol. The van der Waals surface area contributed by atoms with Crippen molar-refractivity contribution in [2.75, 3.05) is 29.9 Å². The van der Waals surface area contributed by atoms with Gasteiger partial charge in [0.25, 0.3) is 5.91 Å². The normalized spacial score (nSPS) is 16.5. The molecule has 2 aliphatic rings. The summed E-state index contributed by atoms with van der Waals surface area (Å²) in [5.74, 6) is -1.32. The maximum atomic E-state index is 14.6. The van der Waals surface area contributed by atoms with Crippen molar-refractivity contribution in [2.24, 2.45) is 5.73 Å². The van der Waals surface area contributed by atoms with E-state index in [2.05, 4.69) is 20.4 Å². The number of carbonyl (C=O) groups is 2. The SMILES string of the molecule is NC(=O)c1nncc(-c2c(F)cccc2Cl)c1Nc1ccc(N2CCN(C3CC3)CC2=O)cc1. The minimum absolute atomic E-state index is 0.0738. The molecule has 0 atom stereocenters. The van der Waals surface area contributed by atoms with Crippen LogP contribution in [0.15, 0.2) is 48.7 Å². The van der Waals surface area contributed by atoms with E-state index in [1.807, 2.05) is 12.1 Å². The van der Waals surface area contributed by atoms with Gasteiger partial charge in [-0.2, -0.15) is 5.10 Å². The van der Waals surface area contributed by atoms with E-state index in [0.717, 1.165) is 12.2 Å². The van der Waals surface area contributed by atoms with Crippen LogP contribution in [0.5, 0.6) is 0 Å². The fourth-order valence-corrected chi connectivity index (χ4v) is 4.48. The number of amides is 2. The number of nitrogens with two attached hydrogens (primary N) is 1. The summed E-state index contributed by atoms with van der Waals surface area (Å²) in [5, 5.41) is 10.9. The Morgan fingerprint density at radius 3 is 2.56 bits per heavy atom. The minimum Gasteiger partial charge on any atom is -0.364 e. The van der Waals surface area contributed by atoms with E-state index in [9.17, 15) is 14.0 Å². The lowest BCUT2D eigenvalue weighted by atomic mass is 10.0. The highest BCUT2D eigenvalue weighted by Gasteiger charge is 2.34. The van der Waals surface area contributed by atoms with Crippen molar-refractivity contribution in [3.63, 3.8) is 0 Å². The van der Waals surface area contributed by atoms with Gasteiger partial charge in [-0.15, -0.1) is 5.10 Å². The highest BCUT2D eigenvalue weighted by molar-refractivity contribution is 6.33. The molecule has 1 aromatic heterocycles. The topological polar surface area (TPSA) is 104 Å². The molecule has 0 bridgehead atoms. The van der Waals surface area contributed by atoms with Gasteiger partial charge in [0.2, 0.25) is 5.91 Å². The maximum Gasteiger partial charge on any atom is 0.271 e. The first kappa shape index (κ1) is 22.2. The summed E-state index contributed by atoms with van der Waals surface area (Å²) in [6, 6.07) is 12.0. The fourth-order valence-electron chi connectivity index (χ4n) is 4.21. The van der Waals surface area contributed by atoms with E-state index in [4.69, 9.17) is 17.3 Å². The van der Waals surface area contributed by atoms with Gasteiger partial charge in [0.1, 0.15) is 5.82 Å². The van der Waals surface area contributed by atoms with Crippen LogP contribution in [-0.2, 0) is 4.79 Å². The number of nitrogens with zero attached hydrogens (tertiary/aromatic N) is 4. The summed E-state index contributed by atoms with van der Waals surface area (Å²) < 4.78 is 14.6. The number of benzene rings is 2. The number of hydrogen-bond acceptors (Lipinski definition) is 6. The van der Waals surface area contributed by atoms with Gasteiger partial charge in [-0.25, -0.2) is 4.39 Å². The van der Waals surface area contributed by atoms with Crippen LogP contribution in [0, 0.1) is 5.82 Å². The third kappa shape index (κ3) is 4.32. The van der Waals surface area contributed by atoms with Crippen molar-refractivity contribution < 1.29 is 14.0 Å². The molecule has 1 saturated carbocycles. The molecule has 1 saturated heterocycles. The van der Waals surface area contributed by atoms with Crippen molar-refractivity contribution in [1.82, 2.24) is 15.1 Å². The highest BCUT2D eigenvalue weighted by Crippen LogP contribution is 2.38. The number of primary amides is 1.